The Morgan fingerprint density at radius 3 is 2.78 bits per heavy atom. The van der Waals surface area contributed by atoms with Crippen molar-refractivity contribution in [2.75, 3.05) is 38.8 Å². The molecule has 1 aliphatic rings. The van der Waals surface area contributed by atoms with E-state index in [0.717, 1.165) is 5.56 Å². The maximum atomic E-state index is 11.6. The fourth-order valence-corrected chi connectivity index (χ4v) is 4.27. The van der Waals surface area contributed by atoms with Crippen LogP contribution in [0.3, 0.4) is 0 Å². The topological polar surface area (TPSA) is 100 Å². The number of carbonyl (C=O) groups is 1. The van der Waals surface area contributed by atoms with Crippen molar-refractivity contribution in [1.29, 1.82) is 0 Å². The van der Waals surface area contributed by atoms with Gasteiger partial charge in [0, 0.05) is 26.7 Å². The van der Waals surface area contributed by atoms with Crippen LogP contribution in [0.25, 0.3) is 0 Å². The monoisotopic (exact) mass is 396 g/mol. The van der Waals surface area contributed by atoms with Crippen molar-refractivity contribution in [2.45, 2.75) is 25.9 Å². The number of carbonyl (C=O) groups excluding carboxylic acids is 1. The SMILES string of the molecule is CCNC(=NCc1cccc(OCC(=O)N(C)C)c1)NC1CCS(=O)(=O)C1. The van der Waals surface area contributed by atoms with Crippen LogP contribution in [0.5, 0.6) is 5.75 Å². The quantitative estimate of drug-likeness (QED) is 0.511. The number of likely N-dealkylation sites (N-methyl/N-ethyl adjacent to an activating group) is 1. The Morgan fingerprint density at radius 2 is 2.15 bits per heavy atom. The minimum Gasteiger partial charge on any atom is -0.484 e. The van der Waals surface area contributed by atoms with Crippen LogP contribution >= 0.6 is 0 Å². The van der Waals surface area contributed by atoms with Gasteiger partial charge in [-0.15, -0.1) is 0 Å². The highest BCUT2D eigenvalue weighted by Gasteiger charge is 2.28. The molecule has 27 heavy (non-hydrogen) atoms. The molecule has 1 saturated heterocycles. The number of hydrogen-bond donors (Lipinski definition) is 2. The molecule has 0 saturated carbocycles. The van der Waals surface area contributed by atoms with E-state index in [0.29, 0.717) is 31.2 Å². The number of aliphatic imine (C=N–C) groups is 1. The second kappa shape index (κ2) is 9.59. The summed E-state index contributed by atoms with van der Waals surface area (Å²) in [7, 11) is 0.423. The van der Waals surface area contributed by atoms with Gasteiger partial charge in [0.2, 0.25) is 0 Å². The van der Waals surface area contributed by atoms with E-state index in [1.165, 1.54) is 4.90 Å². The highest BCUT2D eigenvalue weighted by molar-refractivity contribution is 7.91. The maximum Gasteiger partial charge on any atom is 0.259 e. The summed E-state index contributed by atoms with van der Waals surface area (Å²) < 4.78 is 28.7. The fraction of sp³-hybridized carbons (Fsp3) is 0.556. The largest absolute Gasteiger partial charge is 0.484 e. The summed E-state index contributed by atoms with van der Waals surface area (Å²) in [5.74, 6) is 1.45. The highest BCUT2D eigenvalue weighted by atomic mass is 32.2. The average molecular weight is 397 g/mol. The van der Waals surface area contributed by atoms with Crippen LogP contribution in [0.4, 0.5) is 0 Å². The molecular weight excluding hydrogens is 368 g/mol. The zero-order valence-electron chi connectivity index (χ0n) is 16.1. The molecule has 1 fully saturated rings. The molecule has 1 aromatic carbocycles. The molecule has 2 rings (SSSR count). The number of rotatable bonds is 7. The Kier molecular flexibility index (Phi) is 7.46. The van der Waals surface area contributed by atoms with Crippen LogP contribution in [-0.2, 0) is 21.2 Å². The van der Waals surface area contributed by atoms with Crippen molar-refractivity contribution in [1.82, 2.24) is 15.5 Å². The summed E-state index contributed by atoms with van der Waals surface area (Å²) in [6, 6.07) is 7.30. The summed E-state index contributed by atoms with van der Waals surface area (Å²) in [6.45, 7) is 3.04. The van der Waals surface area contributed by atoms with Gasteiger partial charge in [-0.1, -0.05) is 12.1 Å². The van der Waals surface area contributed by atoms with Gasteiger partial charge in [0.15, 0.2) is 22.4 Å². The number of guanidine groups is 1. The summed E-state index contributed by atoms with van der Waals surface area (Å²) in [6.07, 6.45) is 0.593. The van der Waals surface area contributed by atoms with Gasteiger partial charge in [0.05, 0.1) is 18.1 Å². The Morgan fingerprint density at radius 1 is 1.37 bits per heavy atom. The van der Waals surface area contributed by atoms with E-state index in [-0.39, 0.29) is 30.1 Å². The third-order valence-electron chi connectivity index (χ3n) is 4.10. The smallest absolute Gasteiger partial charge is 0.259 e. The molecule has 2 N–H and O–H groups in total. The summed E-state index contributed by atoms with van der Waals surface area (Å²) >= 11 is 0. The molecule has 1 amide bonds. The van der Waals surface area contributed by atoms with E-state index in [2.05, 4.69) is 15.6 Å². The van der Waals surface area contributed by atoms with E-state index < -0.39 is 9.84 Å². The molecule has 1 aromatic rings. The minimum absolute atomic E-state index is 0.0138. The standard InChI is InChI=1S/C18H28N4O4S/c1-4-19-18(21-15-8-9-27(24,25)13-15)20-11-14-6-5-7-16(10-14)26-12-17(23)22(2)3/h5-7,10,15H,4,8-9,11-13H2,1-3H3,(H2,19,20,21). The van der Waals surface area contributed by atoms with Crippen molar-refractivity contribution in [3.05, 3.63) is 29.8 Å². The number of nitrogens with zero attached hydrogens (tertiary/aromatic N) is 2. The van der Waals surface area contributed by atoms with Crippen molar-refractivity contribution < 1.29 is 17.9 Å². The number of ether oxygens (including phenoxy) is 1. The van der Waals surface area contributed by atoms with E-state index in [1.807, 2.05) is 25.1 Å². The van der Waals surface area contributed by atoms with Crippen LogP contribution in [-0.4, -0.2) is 70.0 Å². The van der Waals surface area contributed by atoms with Crippen molar-refractivity contribution in [3.8, 4) is 5.75 Å². The zero-order valence-corrected chi connectivity index (χ0v) is 16.9. The lowest BCUT2D eigenvalue weighted by atomic mass is 10.2. The first-order chi connectivity index (χ1) is 12.8. The fourth-order valence-electron chi connectivity index (χ4n) is 2.60. The number of nitrogens with one attached hydrogen (secondary N) is 2. The van der Waals surface area contributed by atoms with E-state index in [1.54, 1.807) is 20.2 Å². The van der Waals surface area contributed by atoms with Crippen LogP contribution in [0.2, 0.25) is 0 Å². The van der Waals surface area contributed by atoms with Crippen LogP contribution in [0.15, 0.2) is 29.3 Å². The summed E-state index contributed by atoms with van der Waals surface area (Å²) in [4.78, 5) is 17.6. The first-order valence-electron chi connectivity index (χ1n) is 8.96. The Balaban J connectivity index is 1.96. The van der Waals surface area contributed by atoms with Gasteiger partial charge in [-0.2, -0.15) is 0 Å². The highest BCUT2D eigenvalue weighted by Crippen LogP contribution is 2.15. The van der Waals surface area contributed by atoms with Gasteiger partial charge >= 0.3 is 0 Å². The number of sulfone groups is 1. The first-order valence-corrected chi connectivity index (χ1v) is 10.8. The van der Waals surface area contributed by atoms with E-state index in [9.17, 15) is 13.2 Å². The van der Waals surface area contributed by atoms with E-state index in [4.69, 9.17) is 4.74 Å². The van der Waals surface area contributed by atoms with Gasteiger partial charge in [-0.25, -0.2) is 13.4 Å². The van der Waals surface area contributed by atoms with Crippen molar-refractivity contribution >= 4 is 21.7 Å². The van der Waals surface area contributed by atoms with Gasteiger partial charge in [-0.3, -0.25) is 4.79 Å². The normalized spacial score (nSPS) is 18.8. The molecule has 0 radical (unpaired) electrons. The van der Waals surface area contributed by atoms with Crippen LogP contribution < -0.4 is 15.4 Å². The lowest BCUT2D eigenvalue weighted by molar-refractivity contribution is -0.130. The Labute approximate surface area is 160 Å². The molecule has 1 unspecified atom stereocenters. The molecule has 1 heterocycles. The van der Waals surface area contributed by atoms with Crippen LogP contribution in [0, 0.1) is 0 Å². The lowest BCUT2D eigenvalue weighted by Gasteiger charge is -2.16. The predicted octanol–water partition coefficient (Wildman–Crippen LogP) is 0.396. The number of amides is 1. The molecule has 0 spiro atoms. The maximum absolute atomic E-state index is 11.6. The van der Waals surface area contributed by atoms with Crippen LogP contribution in [0.1, 0.15) is 18.9 Å². The van der Waals surface area contributed by atoms with Gasteiger partial charge in [0.25, 0.3) is 5.91 Å². The molecule has 0 bridgehead atoms. The molecule has 0 aliphatic carbocycles. The number of hydrogen-bond acceptors (Lipinski definition) is 5. The molecule has 1 atom stereocenters. The molecule has 150 valence electrons. The predicted molar refractivity (Wildman–Crippen MR) is 106 cm³/mol. The molecular formula is C18H28N4O4S. The second-order valence-electron chi connectivity index (χ2n) is 6.66. The van der Waals surface area contributed by atoms with Gasteiger partial charge in [0.1, 0.15) is 5.75 Å². The van der Waals surface area contributed by atoms with E-state index >= 15 is 0 Å². The average Bonchev–Trinajstić information content (AvgIpc) is 2.96. The summed E-state index contributed by atoms with van der Waals surface area (Å²) in [5.41, 5.74) is 0.932. The Hall–Kier alpha value is -2.29. The van der Waals surface area contributed by atoms with Crippen molar-refractivity contribution in [2.24, 2.45) is 4.99 Å². The van der Waals surface area contributed by atoms with Crippen molar-refractivity contribution in [3.63, 3.8) is 0 Å². The lowest BCUT2D eigenvalue weighted by Crippen LogP contribution is -2.44. The third-order valence-corrected chi connectivity index (χ3v) is 5.86. The minimum atomic E-state index is -2.94. The number of benzene rings is 1. The van der Waals surface area contributed by atoms with Gasteiger partial charge in [-0.05, 0) is 31.0 Å². The molecule has 0 aromatic heterocycles. The molecule has 1 aliphatic heterocycles. The molecule has 9 heteroatoms. The summed E-state index contributed by atoms with van der Waals surface area (Å²) in [5, 5.41) is 6.33. The second-order valence-corrected chi connectivity index (χ2v) is 8.89. The third kappa shape index (κ3) is 7.09. The van der Waals surface area contributed by atoms with Gasteiger partial charge < -0.3 is 20.3 Å². The first kappa shape index (κ1) is 21.0. The molecule has 8 nitrogen and oxygen atoms in total. The Bertz CT molecular complexity index is 777. The zero-order chi connectivity index (χ0) is 19.9.